The Hall–Kier alpha value is 0.556. The molecule has 0 aliphatic carbocycles. The zero-order valence-electron chi connectivity index (χ0n) is 2.42. The third kappa shape index (κ3) is 96.2. The number of hydrogen-bond acceptors (Lipinski definition) is 0. The second-order valence-electron chi connectivity index (χ2n) is 0.247. The first-order chi connectivity index (χ1) is 1.73. The molecule has 0 unspecified atom stereocenters. The third-order valence-electron chi connectivity index (χ3n) is 0. The summed E-state index contributed by atoms with van der Waals surface area (Å²) in [4.78, 5) is 0. The molecular weight excluding hydrogens is 93.3 g/mol. The Morgan fingerprint density at radius 2 is 1.00 bits per heavy atom. The number of halogens is 3. The maximum absolute atomic E-state index is 9.67. The van der Waals surface area contributed by atoms with E-state index in [-0.39, 0.29) is 23.1 Å². The quantitative estimate of drug-likeness (QED) is 0.390. The van der Waals surface area contributed by atoms with Crippen LogP contribution in [0.25, 0.3) is 0 Å². The largest absolute Gasteiger partial charge is 2.00 e. The van der Waals surface area contributed by atoms with Gasteiger partial charge in [0.05, 0.1) is 0 Å². The summed E-state index contributed by atoms with van der Waals surface area (Å²) in [5.41, 5.74) is 0. The van der Waals surface area contributed by atoms with Gasteiger partial charge in [-0.25, -0.2) is 0 Å². The Balaban J connectivity index is 0. The summed E-state index contributed by atoms with van der Waals surface area (Å²) in [5.74, 6) is 0. The SMILES string of the molecule is FC(F)F.[Mg+2]. The molecular formula is CHF3Mg+2. The van der Waals surface area contributed by atoms with Gasteiger partial charge in [0.25, 0.3) is 0 Å². The first-order valence-corrected chi connectivity index (χ1v) is 0.655. The van der Waals surface area contributed by atoms with Gasteiger partial charge in [-0.2, -0.15) is 13.2 Å². The zero-order valence-corrected chi connectivity index (χ0v) is 3.83. The fourth-order valence-electron chi connectivity index (χ4n) is 0. The maximum Gasteiger partial charge on any atom is 2.00 e. The molecule has 0 spiro atoms. The van der Waals surface area contributed by atoms with E-state index in [4.69, 9.17) is 0 Å². The summed E-state index contributed by atoms with van der Waals surface area (Å²) >= 11 is 0. The first-order valence-electron chi connectivity index (χ1n) is 0.655. The summed E-state index contributed by atoms with van der Waals surface area (Å²) < 4.78 is 29.0. The van der Waals surface area contributed by atoms with Crippen molar-refractivity contribution in [1.29, 1.82) is 0 Å². The van der Waals surface area contributed by atoms with E-state index in [0.717, 1.165) is 0 Å². The van der Waals surface area contributed by atoms with E-state index in [9.17, 15) is 13.2 Å². The molecule has 0 saturated heterocycles. The fraction of sp³-hybridized carbons (Fsp3) is 1.00. The molecule has 0 amide bonds. The van der Waals surface area contributed by atoms with Gasteiger partial charge in [0.2, 0.25) is 0 Å². The van der Waals surface area contributed by atoms with Crippen LogP contribution in [0, 0.1) is 0 Å². The van der Waals surface area contributed by atoms with Crippen LogP contribution in [0.5, 0.6) is 0 Å². The van der Waals surface area contributed by atoms with Gasteiger partial charge in [-0.05, 0) is 0 Å². The smallest absolute Gasteiger partial charge is 0.174 e. The van der Waals surface area contributed by atoms with Gasteiger partial charge >= 0.3 is 29.7 Å². The molecule has 0 aliphatic heterocycles. The molecule has 0 saturated carbocycles. The third-order valence-corrected chi connectivity index (χ3v) is 0. The van der Waals surface area contributed by atoms with Gasteiger partial charge < -0.3 is 0 Å². The average molecular weight is 94.3 g/mol. The van der Waals surface area contributed by atoms with Crippen molar-refractivity contribution in [2.75, 3.05) is 0 Å². The van der Waals surface area contributed by atoms with Crippen LogP contribution < -0.4 is 0 Å². The standard InChI is InChI=1S/CHF3.Mg/c2-1(3)4;/h1H;/q;+2. The van der Waals surface area contributed by atoms with Gasteiger partial charge in [-0.15, -0.1) is 0 Å². The molecule has 0 aromatic rings. The summed E-state index contributed by atoms with van der Waals surface area (Å²) in [6.07, 6.45) is 0. The molecule has 0 aromatic heterocycles. The molecule has 4 heteroatoms. The molecule has 0 N–H and O–H groups in total. The minimum Gasteiger partial charge on any atom is -0.174 e. The molecule has 0 atom stereocenters. The molecule has 5 heavy (non-hydrogen) atoms. The molecule has 0 aliphatic rings. The van der Waals surface area contributed by atoms with Crippen molar-refractivity contribution < 1.29 is 13.2 Å². The van der Waals surface area contributed by atoms with Crippen LogP contribution in [0.1, 0.15) is 0 Å². The minimum atomic E-state index is -3.67. The van der Waals surface area contributed by atoms with Crippen molar-refractivity contribution in [2.24, 2.45) is 0 Å². The second kappa shape index (κ2) is 4.56. The first kappa shape index (κ1) is 9.12. The summed E-state index contributed by atoms with van der Waals surface area (Å²) in [6.45, 7) is -3.67. The summed E-state index contributed by atoms with van der Waals surface area (Å²) in [6, 6.07) is 0. The summed E-state index contributed by atoms with van der Waals surface area (Å²) in [5, 5.41) is 0. The van der Waals surface area contributed by atoms with Crippen molar-refractivity contribution in [2.45, 2.75) is 6.68 Å². The monoisotopic (exact) mass is 94.0 g/mol. The average Bonchev–Trinajstić information content (AvgIpc) is 0.811. The van der Waals surface area contributed by atoms with E-state index in [2.05, 4.69) is 0 Å². The molecule has 0 heterocycles. The predicted octanol–water partition coefficient (Wildman–Crippen LogP) is 0.798. The maximum atomic E-state index is 9.67. The number of rotatable bonds is 0. The van der Waals surface area contributed by atoms with E-state index in [1.54, 1.807) is 0 Å². The van der Waals surface area contributed by atoms with E-state index < -0.39 is 6.68 Å². The molecule has 0 radical (unpaired) electrons. The topological polar surface area (TPSA) is 0 Å². The Morgan fingerprint density at radius 3 is 1.00 bits per heavy atom. The Bertz CT molecular complexity index is 11.6. The van der Waals surface area contributed by atoms with Crippen LogP contribution in [0.15, 0.2) is 0 Å². The van der Waals surface area contributed by atoms with Crippen molar-refractivity contribution in [1.82, 2.24) is 0 Å². The molecule has 26 valence electrons. The predicted molar refractivity (Wildman–Crippen MR) is 12.9 cm³/mol. The van der Waals surface area contributed by atoms with E-state index in [1.165, 1.54) is 0 Å². The van der Waals surface area contributed by atoms with Crippen molar-refractivity contribution in [3.63, 3.8) is 0 Å². The van der Waals surface area contributed by atoms with Crippen molar-refractivity contribution >= 4 is 23.1 Å². The van der Waals surface area contributed by atoms with Crippen LogP contribution >= 0.6 is 0 Å². The summed E-state index contributed by atoms with van der Waals surface area (Å²) in [7, 11) is 0. The fourth-order valence-corrected chi connectivity index (χ4v) is 0. The Labute approximate surface area is 43.5 Å². The van der Waals surface area contributed by atoms with Crippen molar-refractivity contribution in [3.8, 4) is 0 Å². The molecule has 0 nitrogen and oxygen atoms in total. The van der Waals surface area contributed by atoms with Crippen LogP contribution in [-0.4, -0.2) is 29.7 Å². The van der Waals surface area contributed by atoms with Gasteiger partial charge in [0.1, 0.15) is 0 Å². The normalized spacial score (nSPS) is 7.20. The van der Waals surface area contributed by atoms with Crippen LogP contribution in [0.2, 0.25) is 0 Å². The van der Waals surface area contributed by atoms with E-state index in [1.807, 2.05) is 0 Å². The molecule has 0 fully saturated rings. The van der Waals surface area contributed by atoms with Crippen LogP contribution in [-0.2, 0) is 0 Å². The zero-order chi connectivity index (χ0) is 3.58. The number of hydrogen-bond donors (Lipinski definition) is 0. The van der Waals surface area contributed by atoms with Crippen molar-refractivity contribution in [3.05, 3.63) is 0 Å². The van der Waals surface area contributed by atoms with Gasteiger partial charge in [0.15, 0.2) is 0 Å². The van der Waals surface area contributed by atoms with Crippen LogP contribution in [0.4, 0.5) is 13.2 Å². The van der Waals surface area contributed by atoms with Gasteiger partial charge in [0, 0.05) is 0 Å². The van der Waals surface area contributed by atoms with E-state index in [0.29, 0.717) is 0 Å². The van der Waals surface area contributed by atoms with Gasteiger partial charge in [-0.1, -0.05) is 0 Å². The van der Waals surface area contributed by atoms with Crippen LogP contribution in [0.3, 0.4) is 0 Å². The molecule has 0 bridgehead atoms. The second-order valence-corrected chi connectivity index (χ2v) is 0.247. The minimum absolute atomic E-state index is 0. The van der Waals surface area contributed by atoms with E-state index >= 15 is 0 Å². The Morgan fingerprint density at radius 1 is 1.00 bits per heavy atom. The molecule has 0 aromatic carbocycles. The molecule has 0 rings (SSSR count). The Kier molecular flexibility index (Phi) is 8.31. The number of alkyl halides is 3. The van der Waals surface area contributed by atoms with Gasteiger partial charge in [-0.3, -0.25) is 0 Å².